The van der Waals surface area contributed by atoms with Crippen molar-refractivity contribution in [1.29, 1.82) is 0 Å². The summed E-state index contributed by atoms with van der Waals surface area (Å²) in [4.78, 5) is 22.6. The normalized spacial score (nSPS) is 12.1. The summed E-state index contributed by atoms with van der Waals surface area (Å²) in [7, 11) is 0. The Morgan fingerprint density at radius 3 is 2.85 bits per heavy atom. The number of nitrogens with one attached hydrogen (secondary N) is 1. The van der Waals surface area contributed by atoms with E-state index in [1.807, 2.05) is 0 Å². The van der Waals surface area contributed by atoms with Gasteiger partial charge in [-0.3, -0.25) is 9.59 Å². The number of amides is 1. The van der Waals surface area contributed by atoms with Gasteiger partial charge in [0.05, 0.1) is 12.7 Å². The maximum atomic E-state index is 11.9. The smallest absolute Gasteiger partial charge is 0.305 e. The lowest BCUT2D eigenvalue weighted by Crippen LogP contribution is -2.36. The Morgan fingerprint density at radius 1 is 1.45 bits per heavy atom. The molecule has 20 heavy (non-hydrogen) atoms. The maximum absolute atomic E-state index is 11.9. The van der Waals surface area contributed by atoms with Crippen LogP contribution in [0.4, 0.5) is 0 Å². The van der Waals surface area contributed by atoms with Crippen molar-refractivity contribution in [1.82, 2.24) is 10.5 Å². The zero-order valence-corrected chi connectivity index (χ0v) is 10.8. The lowest BCUT2D eigenvalue weighted by molar-refractivity contribution is -0.137. The van der Waals surface area contributed by atoms with Crippen LogP contribution in [0.1, 0.15) is 30.3 Å². The first-order chi connectivity index (χ1) is 9.60. The molecule has 0 aromatic carbocycles. The van der Waals surface area contributed by atoms with E-state index in [1.54, 1.807) is 19.1 Å². The fourth-order valence-electron chi connectivity index (χ4n) is 1.68. The van der Waals surface area contributed by atoms with E-state index < -0.39 is 17.9 Å². The van der Waals surface area contributed by atoms with Crippen LogP contribution in [-0.2, 0) is 4.79 Å². The summed E-state index contributed by atoms with van der Waals surface area (Å²) in [6.07, 6.45) is 1.86. The lowest BCUT2D eigenvalue weighted by Gasteiger charge is -2.13. The molecule has 2 aromatic heterocycles. The van der Waals surface area contributed by atoms with Crippen LogP contribution >= 0.6 is 0 Å². The summed E-state index contributed by atoms with van der Waals surface area (Å²) in [5, 5.41) is 15.0. The molecule has 106 valence electrons. The third-order valence-electron chi connectivity index (χ3n) is 2.76. The molecule has 0 saturated carbocycles. The summed E-state index contributed by atoms with van der Waals surface area (Å²) in [5.74, 6) is -0.631. The van der Waals surface area contributed by atoms with Gasteiger partial charge >= 0.3 is 5.97 Å². The highest BCUT2D eigenvalue weighted by molar-refractivity contribution is 5.93. The van der Waals surface area contributed by atoms with Crippen molar-refractivity contribution in [2.75, 3.05) is 0 Å². The van der Waals surface area contributed by atoms with Crippen molar-refractivity contribution in [2.45, 2.75) is 25.8 Å². The minimum atomic E-state index is -0.964. The molecule has 1 amide bonds. The molecule has 1 atom stereocenters. The Labute approximate surface area is 114 Å². The van der Waals surface area contributed by atoms with Gasteiger partial charge in [-0.1, -0.05) is 12.1 Å². The van der Waals surface area contributed by atoms with Crippen LogP contribution in [0.15, 0.2) is 33.4 Å². The summed E-state index contributed by atoms with van der Waals surface area (Å²) in [5.41, 5.74) is 0.0836. The minimum absolute atomic E-state index is 0.0836. The van der Waals surface area contributed by atoms with Gasteiger partial charge in [-0.25, -0.2) is 0 Å². The number of carbonyl (C=O) groups is 2. The standard InChI is InChI=1S/C13H14N2O5/c1-2-8(6-12(16)17)14-13(18)9-7-11(20-15-9)10-4-3-5-19-10/h3-5,7-8H,2,6H2,1H3,(H,14,18)(H,16,17). The molecule has 0 aliphatic carbocycles. The number of carboxylic acid groups (broad SMARTS) is 1. The summed E-state index contributed by atoms with van der Waals surface area (Å²) >= 11 is 0. The van der Waals surface area contributed by atoms with E-state index in [0.717, 1.165) is 0 Å². The monoisotopic (exact) mass is 278 g/mol. The van der Waals surface area contributed by atoms with Gasteiger partial charge in [-0.15, -0.1) is 0 Å². The third-order valence-corrected chi connectivity index (χ3v) is 2.76. The van der Waals surface area contributed by atoms with Crippen molar-refractivity contribution in [3.63, 3.8) is 0 Å². The summed E-state index contributed by atoms with van der Waals surface area (Å²) in [6.45, 7) is 1.80. The number of carbonyl (C=O) groups excluding carboxylic acids is 1. The second kappa shape index (κ2) is 6.05. The van der Waals surface area contributed by atoms with Crippen molar-refractivity contribution >= 4 is 11.9 Å². The van der Waals surface area contributed by atoms with Gasteiger partial charge < -0.3 is 19.4 Å². The highest BCUT2D eigenvalue weighted by Gasteiger charge is 2.19. The zero-order valence-electron chi connectivity index (χ0n) is 10.8. The van der Waals surface area contributed by atoms with Gasteiger partial charge in [0.25, 0.3) is 5.91 Å². The van der Waals surface area contributed by atoms with Crippen LogP contribution < -0.4 is 5.32 Å². The predicted molar refractivity (Wildman–Crippen MR) is 68.0 cm³/mol. The molecule has 0 radical (unpaired) electrons. The molecular weight excluding hydrogens is 264 g/mol. The highest BCUT2D eigenvalue weighted by Crippen LogP contribution is 2.20. The average Bonchev–Trinajstić information content (AvgIpc) is 3.07. The molecular formula is C13H14N2O5. The van der Waals surface area contributed by atoms with Crippen LogP contribution in [0.3, 0.4) is 0 Å². The van der Waals surface area contributed by atoms with Gasteiger partial charge in [0, 0.05) is 12.1 Å². The SMILES string of the molecule is CCC(CC(=O)O)NC(=O)c1cc(-c2ccco2)on1. The number of hydrogen-bond acceptors (Lipinski definition) is 5. The molecule has 2 heterocycles. The molecule has 2 aromatic rings. The Morgan fingerprint density at radius 2 is 2.25 bits per heavy atom. The first-order valence-corrected chi connectivity index (χ1v) is 6.13. The predicted octanol–water partition coefficient (Wildman–Crippen LogP) is 1.92. The van der Waals surface area contributed by atoms with E-state index in [9.17, 15) is 9.59 Å². The van der Waals surface area contributed by atoms with Crippen molar-refractivity contribution < 1.29 is 23.6 Å². The quantitative estimate of drug-likeness (QED) is 0.836. The molecule has 7 heteroatoms. The van der Waals surface area contributed by atoms with Crippen LogP contribution in [0.2, 0.25) is 0 Å². The fraction of sp³-hybridized carbons (Fsp3) is 0.308. The van der Waals surface area contributed by atoms with Gasteiger partial charge in [0.2, 0.25) is 5.76 Å². The topological polar surface area (TPSA) is 106 Å². The van der Waals surface area contributed by atoms with E-state index >= 15 is 0 Å². The fourth-order valence-corrected chi connectivity index (χ4v) is 1.68. The molecule has 0 bridgehead atoms. The van der Waals surface area contributed by atoms with E-state index in [1.165, 1.54) is 12.3 Å². The van der Waals surface area contributed by atoms with Gasteiger partial charge in [-0.2, -0.15) is 0 Å². The van der Waals surface area contributed by atoms with Crippen molar-refractivity contribution in [3.05, 3.63) is 30.2 Å². The second-order valence-electron chi connectivity index (χ2n) is 4.23. The lowest BCUT2D eigenvalue weighted by atomic mass is 10.1. The Kier molecular flexibility index (Phi) is 4.19. The molecule has 2 rings (SSSR count). The molecule has 0 spiro atoms. The number of nitrogens with zero attached hydrogens (tertiary/aromatic N) is 1. The second-order valence-corrected chi connectivity index (χ2v) is 4.23. The molecule has 0 aliphatic heterocycles. The Balaban J connectivity index is 2.04. The van der Waals surface area contributed by atoms with E-state index in [2.05, 4.69) is 10.5 Å². The molecule has 0 fully saturated rings. The van der Waals surface area contributed by atoms with Crippen LogP contribution in [0.25, 0.3) is 11.5 Å². The maximum Gasteiger partial charge on any atom is 0.305 e. The number of rotatable bonds is 6. The molecule has 0 saturated heterocycles. The van der Waals surface area contributed by atoms with Gasteiger partial charge in [0.1, 0.15) is 0 Å². The van der Waals surface area contributed by atoms with Gasteiger partial charge in [-0.05, 0) is 18.6 Å². The zero-order chi connectivity index (χ0) is 14.5. The van der Waals surface area contributed by atoms with Crippen LogP contribution in [0.5, 0.6) is 0 Å². The number of carboxylic acids is 1. The van der Waals surface area contributed by atoms with Crippen molar-refractivity contribution in [3.8, 4) is 11.5 Å². The highest BCUT2D eigenvalue weighted by atomic mass is 16.5. The Bertz CT molecular complexity index is 588. The van der Waals surface area contributed by atoms with Crippen LogP contribution in [-0.4, -0.2) is 28.2 Å². The molecule has 1 unspecified atom stereocenters. The summed E-state index contributed by atoms with van der Waals surface area (Å²) < 4.78 is 10.1. The number of aliphatic carboxylic acids is 1. The minimum Gasteiger partial charge on any atom is -0.481 e. The third kappa shape index (κ3) is 3.25. The van der Waals surface area contributed by atoms with E-state index in [-0.39, 0.29) is 12.1 Å². The average molecular weight is 278 g/mol. The number of furan rings is 1. The van der Waals surface area contributed by atoms with E-state index in [4.69, 9.17) is 14.0 Å². The largest absolute Gasteiger partial charge is 0.481 e. The Hall–Kier alpha value is -2.57. The van der Waals surface area contributed by atoms with Gasteiger partial charge in [0.15, 0.2) is 11.5 Å². The van der Waals surface area contributed by atoms with Crippen LogP contribution in [0, 0.1) is 0 Å². The number of aromatic nitrogens is 1. The number of hydrogen-bond donors (Lipinski definition) is 2. The summed E-state index contributed by atoms with van der Waals surface area (Å²) in [6, 6.07) is 4.38. The van der Waals surface area contributed by atoms with E-state index in [0.29, 0.717) is 17.9 Å². The first kappa shape index (κ1) is 13.9. The molecule has 7 nitrogen and oxygen atoms in total. The first-order valence-electron chi connectivity index (χ1n) is 6.13. The molecule has 2 N–H and O–H groups in total. The molecule has 0 aliphatic rings. The van der Waals surface area contributed by atoms with Crippen molar-refractivity contribution in [2.24, 2.45) is 0 Å².